The van der Waals surface area contributed by atoms with E-state index >= 15 is 0 Å². The van der Waals surface area contributed by atoms with Crippen molar-refractivity contribution in [2.75, 3.05) is 5.32 Å². The van der Waals surface area contributed by atoms with Gasteiger partial charge in [-0.05, 0) is 94.6 Å². The van der Waals surface area contributed by atoms with Crippen LogP contribution in [0.25, 0.3) is 21.9 Å². The predicted molar refractivity (Wildman–Crippen MR) is 173 cm³/mol. The van der Waals surface area contributed by atoms with Gasteiger partial charge in [-0.3, -0.25) is 0 Å². The molecule has 10 nitrogen and oxygen atoms in total. The standard InChI is InChI=1S/C35H38N6O4/c1-21-14-22(6-13-32(21)44-26-10-12-31-30(18-26)38-20-40(31)5)39-33-28-17-25(9-11-29(28)36-19-37-33)43-27-15-23-7-8-24(16-27)41(23)34(42)45-35(2,3)4/h6,9-14,17-20,23-24,27H,7-8,15-16H2,1-5H3,(H,36,37,39). The molecule has 2 atom stereocenters. The number of aromatic nitrogens is 4. The molecule has 3 aromatic carbocycles. The number of amides is 1. The van der Waals surface area contributed by atoms with Crippen LogP contribution in [0.3, 0.4) is 0 Å². The molecule has 4 heterocycles. The molecule has 0 aliphatic carbocycles. The van der Waals surface area contributed by atoms with E-state index < -0.39 is 5.60 Å². The SMILES string of the molecule is Cc1cc(Nc2ncnc3ccc(OC4CC5CCC(C4)N5C(=O)OC(C)(C)C)cc23)ccc1Oc1ccc2c(c1)ncn2C. The van der Waals surface area contributed by atoms with Gasteiger partial charge in [0.05, 0.1) is 22.9 Å². The lowest BCUT2D eigenvalue weighted by atomic mass is 10.00. The monoisotopic (exact) mass is 606 g/mol. The second-order valence-electron chi connectivity index (χ2n) is 13.1. The van der Waals surface area contributed by atoms with Crippen LogP contribution in [-0.4, -0.2) is 54.3 Å². The van der Waals surface area contributed by atoms with E-state index in [4.69, 9.17) is 14.2 Å². The average Bonchev–Trinajstić information content (AvgIpc) is 3.49. The Balaban J connectivity index is 1.05. The number of benzene rings is 3. The summed E-state index contributed by atoms with van der Waals surface area (Å²) in [5, 5.41) is 4.33. The number of imidazole rings is 1. The second-order valence-corrected chi connectivity index (χ2v) is 13.1. The number of carbonyl (C=O) groups is 1. The van der Waals surface area contributed by atoms with E-state index in [1.165, 1.54) is 0 Å². The molecule has 2 saturated heterocycles. The van der Waals surface area contributed by atoms with Crippen molar-refractivity contribution in [3.8, 4) is 17.2 Å². The summed E-state index contributed by atoms with van der Waals surface area (Å²) in [7, 11) is 1.98. The van der Waals surface area contributed by atoms with Gasteiger partial charge in [-0.15, -0.1) is 0 Å². The highest BCUT2D eigenvalue weighted by Crippen LogP contribution is 2.39. The third kappa shape index (κ3) is 5.96. The number of rotatable bonds is 6. The zero-order chi connectivity index (χ0) is 31.3. The molecule has 5 aromatic rings. The highest BCUT2D eigenvalue weighted by atomic mass is 16.6. The first-order chi connectivity index (χ1) is 21.6. The van der Waals surface area contributed by atoms with Gasteiger partial charge >= 0.3 is 6.09 Å². The number of hydrogen-bond acceptors (Lipinski definition) is 8. The Kier molecular flexibility index (Phi) is 7.22. The Morgan fingerprint density at radius 2 is 1.69 bits per heavy atom. The highest BCUT2D eigenvalue weighted by molar-refractivity contribution is 5.91. The first kappa shape index (κ1) is 28.9. The van der Waals surface area contributed by atoms with Crippen LogP contribution in [0.1, 0.15) is 52.0 Å². The van der Waals surface area contributed by atoms with E-state index in [0.29, 0.717) is 5.82 Å². The lowest BCUT2D eigenvalue weighted by molar-refractivity contribution is -0.00706. The molecule has 2 aromatic heterocycles. The van der Waals surface area contributed by atoms with Crippen molar-refractivity contribution in [2.24, 2.45) is 7.05 Å². The molecule has 2 bridgehead atoms. The Morgan fingerprint density at radius 1 is 0.911 bits per heavy atom. The molecule has 1 amide bonds. The topological polar surface area (TPSA) is 104 Å². The van der Waals surface area contributed by atoms with Crippen molar-refractivity contribution >= 4 is 39.5 Å². The Morgan fingerprint density at radius 3 is 2.44 bits per heavy atom. The van der Waals surface area contributed by atoms with Gasteiger partial charge in [0.25, 0.3) is 0 Å². The smallest absolute Gasteiger partial charge is 0.410 e. The second kappa shape index (κ2) is 11.3. The van der Waals surface area contributed by atoms with Crippen LogP contribution >= 0.6 is 0 Å². The van der Waals surface area contributed by atoms with Gasteiger partial charge in [0.2, 0.25) is 0 Å². The maximum Gasteiger partial charge on any atom is 0.410 e. The van der Waals surface area contributed by atoms with Gasteiger partial charge in [0.1, 0.15) is 41.1 Å². The maximum atomic E-state index is 12.9. The number of piperidine rings is 1. The molecule has 7 rings (SSSR count). The normalized spacial score (nSPS) is 19.6. The minimum Gasteiger partial charge on any atom is -0.490 e. The highest BCUT2D eigenvalue weighted by Gasteiger charge is 2.45. The molecule has 2 unspecified atom stereocenters. The molecule has 45 heavy (non-hydrogen) atoms. The van der Waals surface area contributed by atoms with Crippen molar-refractivity contribution in [3.05, 3.63) is 72.8 Å². The van der Waals surface area contributed by atoms with Crippen LogP contribution in [0.2, 0.25) is 0 Å². The van der Waals surface area contributed by atoms with Crippen LogP contribution in [0.4, 0.5) is 16.3 Å². The van der Waals surface area contributed by atoms with Crippen molar-refractivity contribution in [2.45, 2.75) is 77.2 Å². The summed E-state index contributed by atoms with van der Waals surface area (Å²) >= 11 is 0. The third-order valence-electron chi connectivity index (χ3n) is 8.57. The molecule has 0 spiro atoms. The zero-order valence-electron chi connectivity index (χ0n) is 26.3. The first-order valence-electron chi connectivity index (χ1n) is 15.5. The fourth-order valence-corrected chi connectivity index (χ4v) is 6.52. The van der Waals surface area contributed by atoms with Gasteiger partial charge in [-0.1, -0.05) is 0 Å². The number of fused-ring (bicyclic) bond motifs is 4. The fourth-order valence-electron chi connectivity index (χ4n) is 6.52. The number of nitrogens with one attached hydrogen (secondary N) is 1. The summed E-state index contributed by atoms with van der Waals surface area (Å²) in [5.74, 6) is 2.97. The van der Waals surface area contributed by atoms with Gasteiger partial charge in [0.15, 0.2) is 0 Å². The molecular formula is C35H38N6O4. The number of aryl methyl sites for hydroxylation is 2. The quantitative estimate of drug-likeness (QED) is 0.210. The van der Waals surface area contributed by atoms with Gasteiger partial charge in [-0.25, -0.2) is 19.7 Å². The predicted octanol–water partition coefficient (Wildman–Crippen LogP) is 7.67. The number of anilines is 2. The van der Waals surface area contributed by atoms with E-state index in [0.717, 1.165) is 76.1 Å². The molecule has 2 aliphatic heterocycles. The average molecular weight is 607 g/mol. The molecule has 0 radical (unpaired) electrons. The van der Waals surface area contributed by atoms with Crippen molar-refractivity contribution in [1.29, 1.82) is 0 Å². The number of carbonyl (C=O) groups excluding carboxylic acids is 1. The molecular weight excluding hydrogens is 568 g/mol. The van der Waals surface area contributed by atoms with E-state index in [1.807, 2.05) is 98.8 Å². The lowest BCUT2D eigenvalue weighted by Gasteiger charge is -2.39. The van der Waals surface area contributed by atoms with Gasteiger partial charge in [0, 0.05) is 49.1 Å². The summed E-state index contributed by atoms with van der Waals surface area (Å²) in [6, 6.07) is 18.1. The van der Waals surface area contributed by atoms with Crippen LogP contribution < -0.4 is 14.8 Å². The van der Waals surface area contributed by atoms with Crippen molar-refractivity contribution in [3.63, 3.8) is 0 Å². The summed E-state index contributed by atoms with van der Waals surface area (Å²) in [6.45, 7) is 7.74. The Hall–Kier alpha value is -4.86. The van der Waals surface area contributed by atoms with E-state index in [2.05, 4.69) is 20.3 Å². The molecule has 0 saturated carbocycles. The van der Waals surface area contributed by atoms with Crippen molar-refractivity contribution < 1.29 is 19.0 Å². The van der Waals surface area contributed by atoms with Crippen LogP contribution in [0.15, 0.2) is 67.3 Å². The minimum absolute atomic E-state index is 0.0215. The molecule has 232 valence electrons. The first-order valence-corrected chi connectivity index (χ1v) is 15.5. The molecule has 2 fully saturated rings. The largest absolute Gasteiger partial charge is 0.490 e. The Labute approximate surface area is 262 Å². The number of hydrogen-bond donors (Lipinski definition) is 1. The lowest BCUT2D eigenvalue weighted by Crippen LogP contribution is -2.50. The number of nitrogens with zero attached hydrogens (tertiary/aromatic N) is 5. The summed E-state index contributed by atoms with van der Waals surface area (Å²) < 4.78 is 20.4. The van der Waals surface area contributed by atoms with Crippen LogP contribution in [0.5, 0.6) is 17.2 Å². The summed E-state index contributed by atoms with van der Waals surface area (Å²) in [6.07, 6.45) is 6.70. The molecule has 10 heteroatoms. The van der Waals surface area contributed by atoms with Crippen molar-refractivity contribution in [1.82, 2.24) is 24.4 Å². The van der Waals surface area contributed by atoms with Crippen LogP contribution in [-0.2, 0) is 11.8 Å². The van der Waals surface area contributed by atoms with E-state index in [1.54, 1.807) is 12.7 Å². The summed E-state index contributed by atoms with van der Waals surface area (Å²) in [4.78, 5) is 28.3. The van der Waals surface area contributed by atoms with E-state index in [9.17, 15) is 4.79 Å². The minimum atomic E-state index is -0.507. The van der Waals surface area contributed by atoms with Gasteiger partial charge in [-0.2, -0.15) is 0 Å². The molecule has 1 N–H and O–H groups in total. The van der Waals surface area contributed by atoms with Gasteiger partial charge < -0.3 is 29.0 Å². The Bertz CT molecular complexity index is 1880. The molecule has 2 aliphatic rings. The fraction of sp³-hybridized carbons (Fsp3) is 0.371. The van der Waals surface area contributed by atoms with E-state index in [-0.39, 0.29) is 24.3 Å². The zero-order valence-corrected chi connectivity index (χ0v) is 26.3. The third-order valence-corrected chi connectivity index (χ3v) is 8.57. The maximum absolute atomic E-state index is 12.9. The van der Waals surface area contributed by atoms with Crippen LogP contribution in [0, 0.1) is 6.92 Å². The summed E-state index contributed by atoms with van der Waals surface area (Å²) in [5.41, 5.74) is 4.13. The number of ether oxygens (including phenoxy) is 3.